The van der Waals surface area contributed by atoms with Crippen LogP contribution in [0, 0.1) is 0 Å². The molecule has 1 aliphatic heterocycles. The van der Waals surface area contributed by atoms with Crippen molar-refractivity contribution in [3.63, 3.8) is 0 Å². The molecule has 1 heterocycles. The number of nitrogens with zero attached hydrogens (tertiary/aromatic N) is 1. The van der Waals surface area contributed by atoms with Crippen molar-refractivity contribution in [1.29, 1.82) is 0 Å². The molecule has 0 spiro atoms. The summed E-state index contributed by atoms with van der Waals surface area (Å²) >= 11 is 1.47. The molecule has 0 bridgehead atoms. The van der Waals surface area contributed by atoms with Crippen LogP contribution >= 0.6 is 11.8 Å². The summed E-state index contributed by atoms with van der Waals surface area (Å²) < 4.78 is 0. The third-order valence-electron chi connectivity index (χ3n) is 4.78. The number of rotatable bonds is 5. The quantitative estimate of drug-likeness (QED) is 0.749. The minimum absolute atomic E-state index is 0.160. The van der Waals surface area contributed by atoms with Crippen molar-refractivity contribution in [1.82, 2.24) is 4.90 Å². The Kier molecular flexibility index (Phi) is 6.11. The van der Waals surface area contributed by atoms with Crippen LogP contribution in [-0.4, -0.2) is 29.1 Å². The lowest BCUT2D eigenvalue weighted by atomic mass is 10.0. The maximum atomic E-state index is 12.8. The average molecular weight is 340 g/mol. The molecule has 0 amide bonds. The van der Waals surface area contributed by atoms with Crippen LogP contribution in [0.1, 0.15) is 47.4 Å². The first-order valence-corrected chi connectivity index (χ1v) is 9.68. The molecule has 0 aliphatic carbocycles. The number of likely N-dealkylation sites (tertiary alicyclic amines) is 1. The van der Waals surface area contributed by atoms with Gasteiger partial charge < -0.3 is 0 Å². The largest absolute Gasteiger partial charge is 0.299 e. The Morgan fingerprint density at radius 2 is 1.50 bits per heavy atom. The first-order chi connectivity index (χ1) is 11.8. The number of carbonyl (C=O) groups excluding carboxylic acids is 1. The first-order valence-electron chi connectivity index (χ1n) is 8.81. The van der Waals surface area contributed by atoms with Gasteiger partial charge in [0.2, 0.25) is 5.12 Å². The number of hydrogen-bond acceptors (Lipinski definition) is 3. The van der Waals surface area contributed by atoms with E-state index in [-0.39, 0.29) is 10.4 Å². The fourth-order valence-corrected chi connectivity index (χ4v) is 4.53. The van der Waals surface area contributed by atoms with E-state index in [4.69, 9.17) is 0 Å². The maximum absolute atomic E-state index is 12.8. The Balaban J connectivity index is 1.81. The zero-order chi connectivity index (χ0) is 16.8. The second-order valence-electron chi connectivity index (χ2n) is 6.44. The lowest BCUT2D eigenvalue weighted by molar-refractivity contribution is 0.108. The van der Waals surface area contributed by atoms with Crippen molar-refractivity contribution in [2.24, 2.45) is 0 Å². The van der Waals surface area contributed by atoms with Crippen LogP contribution in [0.5, 0.6) is 0 Å². The van der Waals surface area contributed by atoms with Gasteiger partial charge in [0.1, 0.15) is 0 Å². The normalized spacial score (nSPS) is 18.0. The van der Waals surface area contributed by atoms with E-state index in [1.165, 1.54) is 36.6 Å². The number of hydrogen-bond donors (Lipinski definition) is 0. The summed E-state index contributed by atoms with van der Waals surface area (Å²) in [6, 6.07) is 20.4. The summed E-state index contributed by atoms with van der Waals surface area (Å²) in [5, 5.41) is 0.324. The highest BCUT2D eigenvalue weighted by Crippen LogP contribution is 2.37. The summed E-state index contributed by atoms with van der Waals surface area (Å²) in [5.41, 5.74) is 2.03. The molecule has 2 aromatic rings. The van der Waals surface area contributed by atoms with Gasteiger partial charge in [-0.25, -0.2) is 0 Å². The van der Waals surface area contributed by atoms with Crippen molar-refractivity contribution in [3.05, 3.63) is 71.8 Å². The van der Waals surface area contributed by atoms with Gasteiger partial charge in [0.15, 0.2) is 0 Å². The Labute approximate surface area is 149 Å². The van der Waals surface area contributed by atoms with Crippen LogP contribution in [0.4, 0.5) is 0 Å². The van der Waals surface area contributed by atoms with Gasteiger partial charge in [-0.05, 0) is 38.4 Å². The van der Waals surface area contributed by atoms with Gasteiger partial charge in [-0.15, -0.1) is 0 Å². The summed E-state index contributed by atoms with van der Waals surface area (Å²) in [6.07, 6.45) is 3.86. The van der Waals surface area contributed by atoms with Crippen LogP contribution < -0.4 is 0 Å². The highest BCUT2D eigenvalue weighted by Gasteiger charge is 2.28. The number of carbonyl (C=O) groups is 1. The SMILES string of the molecule is CC([C@@H](SC(=O)c1ccccc1)c1ccccc1)N1CCCCC1. The molecule has 0 radical (unpaired) electrons. The number of piperidine rings is 1. The second-order valence-corrected chi connectivity index (χ2v) is 7.55. The van der Waals surface area contributed by atoms with E-state index in [0.29, 0.717) is 6.04 Å². The average Bonchev–Trinajstić information content (AvgIpc) is 2.67. The lowest BCUT2D eigenvalue weighted by Crippen LogP contribution is -2.40. The van der Waals surface area contributed by atoms with Gasteiger partial charge in [0.25, 0.3) is 0 Å². The van der Waals surface area contributed by atoms with E-state index in [1.807, 2.05) is 36.4 Å². The van der Waals surface area contributed by atoms with Gasteiger partial charge in [-0.3, -0.25) is 9.69 Å². The minimum atomic E-state index is 0.160. The van der Waals surface area contributed by atoms with Crippen molar-refractivity contribution >= 4 is 16.9 Å². The van der Waals surface area contributed by atoms with E-state index < -0.39 is 0 Å². The first kappa shape index (κ1) is 17.2. The molecular formula is C21H25NOS. The van der Waals surface area contributed by atoms with Gasteiger partial charge in [-0.1, -0.05) is 78.8 Å². The van der Waals surface area contributed by atoms with Crippen LogP contribution in [0.25, 0.3) is 0 Å². The molecule has 2 atom stereocenters. The molecule has 3 rings (SSSR count). The molecule has 1 aliphatic rings. The van der Waals surface area contributed by atoms with Crippen LogP contribution in [0.2, 0.25) is 0 Å². The number of benzene rings is 2. The fourth-order valence-electron chi connectivity index (χ4n) is 3.36. The van der Waals surface area contributed by atoms with Crippen molar-refractivity contribution < 1.29 is 4.79 Å². The monoisotopic (exact) mass is 339 g/mol. The summed E-state index contributed by atoms with van der Waals surface area (Å²) in [4.78, 5) is 15.3. The van der Waals surface area contributed by atoms with Gasteiger partial charge in [-0.2, -0.15) is 0 Å². The summed E-state index contributed by atoms with van der Waals surface area (Å²) in [7, 11) is 0. The predicted octanol–water partition coefficient (Wildman–Crippen LogP) is 5.18. The second kappa shape index (κ2) is 8.50. The minimum Gasteiger partial charge on any atom is -0.299 e. The molecule has 1 unspecified atom stereocenters. The molecule has 24 heavy (non-hydrogen) atoms. The molecule has 2 aromatic carbocycles. The third-order valence-corrected chi connectivity index (χ3v) is 6.15. The van der Waals surface area contributed by atoms with Gasteiger partial charge in [0.05, 0.1) is 5.25 Å². The van der Waals surface area contributed by atoms with E-state index in [9.17, 15) is 4.79 Å². The molecular weight excluding hydrogens is 314 g/mol. The van der Waals surface area contributed by atoms with Crippen molar-refractivity contribution in [2.45, 2.75) is 37.5 Å². The van der Waals surface area contributed by atoms with Crippen LogP contribution in [0.3, 0.4) is 0 Å². The number of thioether (sulfide) groups is 1. The molecule has 0 N–H and O–H groups in total. The van der Waals surface area contributed by atoms with E-state index >= 15 is 0 Å². The third kappa shape index (κ3) is 4.28. The standard InChI is InChI=1S/C21H25NOS/c1-17(22-15-9-4-10-16-22)20(18-11-5-2-6-12-18)24-21(23)19-13-7-3-8-14-19/h2-3,5-8,11-14,17,20H,4,9-10,15-16H2,1H3/t17?,20-/m1/s1. The van der Waals surface area contributed by atoms with Crippen molar-refractivity contribution in [2.75, 3.05) is 13.1 Å². The molecule has 0 saturated carbocycles. The fraction of sp³-hybridized carbons (Fsp3) is 0.381. The highest BCUT2D eigenvalue weighted by atomic mass is 32.2. The van der Waals surface area contributed by atoms with E-state index in [1.54, 1.807) is 0 Å². The van der Waals surface area contributed by atoms with Crippen LogP contribution in [-0.2, 0) is 0 Å². The predicted molar refractivity (Wildman–Crippen MR) is 102 cm³/mol. The zero-order valence-electron chi connectivity index (χ0n) is 14.2. The summed E-state index contributed by atoms with van der Waals surface area (Å²) in [6.45, 7) is 4.56. The van der Waals surface area contributed by atoms with Gasteiger partial charge >= 0.3 is 0 Å². The molecule has 126 valence electrons. The Bertz CT molecular complexity index is 637. The topological polar surface area (TPSA) is 20.3 Å². The molecule has 1 fully saturated rings. The van der Waals surface area contributed by atoms with Crippen molar-refractivity contribution in [3.8, 4) is 0 Å². The Morgan fingerprint density at radius 1 is 0.917 bits per heavy atom. The Hall–Kier alpha value is -1.58. The molecule has 3 heteroatoms. The van der Waals surface area contributed by atoms with E-state index in [0.717, 1.165) is 18.7 Å². The molecule has 0 aromatic heterocycles. The zero-order valence-corrected chi connectivity index (χ0v) is 15.0. The van der Waals surface area contributed by atoms with Crippen LogP contribution in [0.15, 0.2) is 60.7 Å². The maximum Gasteiger partial charge on any atom is 0.220 e. The molecule has 2 nitrogen and oxygen atoms in total. The smallest absolute Gasteiger partial charge is 0.220 e. The van der Waals surface area contributed by atoms with Gasteiger partial charge in [0, 0.05) is 11.6 Å². The summed E-state index contributed by atoms with van der Waals surface area (Å²) in [5.74, 6) is 0. The van der Waals surface area contributed by atoms with E-state index in [2.05, 4.69) is 36.1 Å². The molecule has 1 saturated heterocycles. The lowest BCUT2D eigenvalue weighted by Gasteiger charge is -2.36. The Morgan fingerprint density at radius 3 is 2.12 bits per heavy atom. The highest BCUT2D eigenvalue weighted by molar-refractivity contribution is 8.14.